The van der Waals surface area contributed by atoms with E-state index in [4.69, 9.17) is 4.42 Å². The summed E-state index contributed by atoms with van der Waals surface area (Å²) < 4.78 is 5.75. The van der Waals surface area contributed by atoms with Crippen molar-refractivity contribution in [1.82, 2.24) is 5.32 Å². The molecule has 2 aromatic heterocycles. The van der Waals surface area contributed by atoms with Gasteiger partial charge in [0.25, 0.3) is 0 Å². The summed E-state index contributed by atoms with van der Waals surface area (Å²) in [4.78, 5) is 13.1. The largest absolute Gasteiger partial charge is 0.458 e. The number of hydrogen-bond acceptors (Lipinski definition) is 3. The Morgan fingerprint density at radius 1 is 1.35 bits per heavy atom. The Kier molecular flexibility index (Phi) is 4.02. The van der Waals surface area contributed by atoms with Gasteiger partial charge in [-0.15, -0.1) is 11.3 Å². The van der Waals surface area contributed by atoms with E-state index >= 15 is 0 Å². The van der Waals surface area contributed by atoms with Crippen LogP contribution < -0.4 is 5.32 Å². The van der Waals surface area contributed by atoms with E-state index in [1.165, 1.54) is 0 Å². The van der Waals surface area contributed by atoms with Crippen LogP contribution in [0.1, 0.15) is 25.0 Å². The van der Waals surface area contributed by atoms with E-state index in [2.05, 4.69) is 17.5 Å². The van der Waals surface area contributed by atoms with Crippen molar-refractivity contribution in [2.24, 2.45) is 5.92 Å². The lowest BCUT2D eigenvalue weighted by molar-refractivity contribution is -0.125. The van der Waals surface area contributed by atoms with Gasteiger partial charge in [-0.05, 0) is 42.8 Å². The fraction of sp³-hybridized carbons (Fsp3) is 0.312. The van der Waals surface area contributed by atoms with Crippen molar-refractivity contribution in [3.8, 4) is 10.6 Å². The first kappa shape index (κ1) is 13.2. The van der Waals surface area contributed by atoms with Gasteiger partial charge in [0, 0.05) is 5.92 Å². The molecular formula is C16H17NO2S. The second kappa shape index (κ2) is 6.09. The Morgan fingerprint density at radius 2 is 2.30 bits per heavy atom. The van der Waals surface area contributed by atoms with Gasteiger partial charge in [0.2, 0.25) is 5.91 Å². The molecule has 3 nitrogen and oxygen atoms in total. The Morgan fingerprint density at radius 3 is 3.05 bits per heavy atom. The number of thiophene rings is 1. The van der Waals surface area contributed by atoms with E-state index in [0.29, 0.717) is 6.54 Å². The van der Waals surface area contributed by atoms with Crippen LogP contribution in [0.5, 0.6) is 0 Å². The zero-order valence-electron chi connectivity index (χ0n) is 11.2. The van der Waals surface area contributed by atoms with Gasteiger partial charge in [0.1, 0.15) is 11.5 Å². The summed E-state index contributed by atoms with van der Waals surface area (Å²) in [5, 5.41) is 4.99. The second-order valence-corrected chi connectivity index (χ2v) is 5.89. The molecule has 2 heterocycles. The van der Waals surface area contributed by atoms with Gasteiger partial charge in [-0.1, -0.05) is 18.2 Å². The molecule has 4 heteroatoms. The van der Waals surface area contributed by atoms with E-state index in [-0.39, 0.29) is 11.8 Å². The summed E-state index contributed by atoms with van der Waals surface area (Å²) >= 11 is 1.65. The van der Waals surface area contributed by atoms with Gasteiger partial charge >= 0.3 is 0 Å². The van der Waals surface area contributed by atoms with Crippen molar-refractivity contribution in [3.63, 3.8) is 0 Å². The molecule has 1 aliphatic carbocycles. The summed E-state index contributed by atoms with van der Waals surface area (Å²) in [7, 11) is 0. The number of amides is 1. The first-order chi connectivity index (χ1) is 9.83. The van der Waals surface area contributed by atoms with Crippen LogP contribution in [0.25, 0.3) is 10.6 Å². The van der Waals surface area contributed by atoms with Gasteiger partial charge in [0.05, 0.1) is 11.4 Å². The highest BCUT2D eigenvalue weighted by atomic mass is 32.1. The first-order valence-electron chi connectivity index (χ1n) is 6.88. The van der Waals surface area contributed by atoms with Crippen molar-refractivity contribution in [1.29, 1.82) is 0 Å². The predicted octanol–water partition coefficient (Wildman–Crippen LogP) is 3.98. The minimum atomic E-state index is 0.117. The molecule has 1 aliphatic rings. The summed E-state index contributed by atoms with van der Waals surface area (Å²) in [6, 6.07) is 7.91. The number of carbonyl (C=O) groups is 1. The normalized spacial score (nSPS) is 18.1. The maximum Gasteiger partial charge on any atom is 0.223 e. The maximum atomic E-state index is 12.0. The molecule has 1 amide bonds. The van der Waals surface area contributed by atoms with Gasteiger partial charge < -0.3 is 9.73 Å². The lowest BCUT2D eigenvalue weighted by Crippen LogP contribution is -2.30. The van der Waals surface area contributed by atoms with E-state index < -0.39 is 0 Å². The van der Waals surface area contributed by atoms with Crippen LogP contribution in [0.3, 0.4) is 0 Å². The molecule has 0 aromatic carbocycles. The minimum Gasteiger partial charge on any atom is -0.458 e. The summed E-state index contributed by atoms with van der Waals surface area (Å²) in [6.07, 6.45) is 7.03. The van der Waals surface area contributed by atoms with Crippen molar-refractivity contribution in [2.45, 2.75) is 25.8 Å². The first-order valence-corrected chi connectivity index (χ1v) is 7.76. The molecule has 0 spiro atoms. The molecule has 3 rings (SSSR count). The molecule has 0 fully saturated rings. The number of carbonyl (C=O) groups excluding carboxylic acids is 1. The van der Waals surface area contributed by atoms with E-state index in [1.807, 2.05) is 29.6 Å². The lowest BCUT2D eigenvalue weighted by Gasteiger charge is -2.16. The zero-order valence-corrected chi connectivity index (χ0v) is 12.0. The Balaban J connectivity index is 1.56. The molecule has 104 valence electrons. The van der Waals surface area contributed by atoms with E-state index in [1.54, 1.807) is 11.3 Å². The van der Waals surface area contributed by atoms with Crippen molar-refractivity contribution in [3.05, 3.63) is 47.6 Å². The quantitative estimate of drug-likeness (QED) is 0.864. The summed E-state index contributed by atoms with van der Waals surface area (Å²) in [5.41, 5.74) is 0. The van der Waals surface area contributed by atoms with Crippen LogP contribution in [0.4, 0.5) is 0 Å². The molecule has 1 atom stereocenters. The molecule has 0 aliphatic heterocycles. The van der Waals surface area contributed by atoms with Gasteiger partial charge in [0.15, 0.2) is 0 Å². The van der Waals surface area contributed by atoms with Crippen LogP contribution >= 0.6 is 11.3 Å². The number of allylic oxidation sites excluding steroid dienone is 2. The highest BCUT2D eigenvalue weighted by Gasteiger charge is 2.18. The monoisotopic (exact) mass is 287 g/mol. The molecular weight excluding hydrogens is 270 g/mol. The highest BCUT2D eigenvalue weighted by Crippen LogP contribution is 2.26. The van der Waals surface area contributed by atoms with Crippen LogP contribution in [0.15, 0.2) is 46.2 Å². The van der Waals surface area contributed by atoms with Crippen molar-refractivity contribution in [2.75, 3.05) is 0 Å². The second-order valence-electron chi connectivity index (χ2n) is 4.94. The molecule has 20 heavy (non-hydrogen) atoms. The average molecular weight is 287 g/mol. The fourth-order valence-electron chi connectivity index (χ4n) is 2.37. The summed E-state index contributed by atoms with van der Waals surface area (Å²) in [5.74, 6) is 1.91. The molecule has 0 bridgehead atoms. The van der Waals surface area contributed by atoms with Gasteiger partial charge in [-0.25, -0.2) is 0 Å². The zero-order chi connectivity index (χ0) is 13.8. The lowest BCUT2D eigenvalue weighted by atomic mass is 9.94. The SMILES string of the molecule is O=C(NCc1ccc(-c2cccs2)o1)C1CC=CCC1. The molecule has 0 saturated carbocycles. The number of furan rings is 1. The van der Waals surface area contributed by atoms with Crippen LogP contribution in [0, 0.1) is 5.92 Å². The van der Waals surface area contributed by atoms with Crippen molar-refractivity contribution < 1.29 is 9.21 Å². The average Bonchev–Trinajstić information content (AvgIpc) is 3.16. The minimum absolute atomic E-state index is 0.117. The third-order valence-electron chi connectivity index (χ3n) is 3.50. The van der Waals surface area contributed by atoms with Crippen molar-refractivity contribution >= 4 is 17.2 Å². The molecule has 0 saturated heterocycles. The number of rotatable bonds is 4. The molecule has 2 aromatic rings. The topological polar surface area (TPSA) is 42.2 Å². The highest BCUT2D eigenvalue weighted by molar-refractivity contribution is 7.13. The standard InChI is InChI=1S/C16H17NO2S/c18-16(12-5-2-1-3-6-12)17-11-13-8-9-14(19-13)15-7-4-10-20-15/h1-2,4,7-10,12H,3,5-6,11H2,(H,17,18). The summed E-state index contributed by atoms with van der Waals surface area (Å²) in [6.45, 7) is 0.463. The molecule has 1 unspecified atom stereocenters. The van der Waals surface area contributed by atoms with E-state index in [0.717, 1.165) is 35.7 Å². The van der Waals surface area contributed by atoms with Gasteiger partial charge in [-0.2, -0.15) is 0 Å². The van der Waals surface area contributed by atoms with Gasteiger partial charge in [-0.3, -0.25) is 4.79 Å². The van der Waals surface area contributed by atoms with E-state index in [9.17, 15) is 4.79 Å². The van der Waals surface area contributed by atoms with Crippen LogP contribution in [-0.2, 0) is 11.3 Å². The Hall–Kier alpha value is -1.81. The smallest absolute Gasteiger partial charge is 0.223 e. The maximum absolute atomic E-state index is 12.0. The van der Waals surface area contributed by atoms with Crippen LogP contribution in [-0.4, -0.2) is 5.91 Å². The fourth-order valence-corrected chi connectivity index (χ4v) is 3.06. The number of nitrogens with one attached hydrogen (secondary N) is 1. The third-order valence-corrected chi connectivity index (χ3v) is 4.39. The Bertz CT molecular complexity index is 598. The number of hydrogen-bond donors (Lipinski definition) is 1. The Labute approximate surface area is 122 Å². The molecule has 0 radical (unpaired) electrons. The van der Waals surface area contributed by atoms with Crippen LogP contribution in [0.2, 0.25) is 0 Å². The predicted molar refractivity (Wildman–Crippen MR) is 80.3 cm³/mol. The molecule has 1 N–H and O–H groups in total. The third kappa shape index (κ3) is 3.02.